The van der Waals surface area contributed by atoms with E-state index < -0.39 is 0 Å². The second-order valence-corrected chi connectivity index (χ2v) is 4.35. The lowest BCUT2D eigenvalue weighted by Crippen LogP contribution is -2.10. The molecule has 0 unspecified atom stereocenters. The highest BCUT2D eigenvalue weighted by atomic mass is 79.9. The van der Waals surface area contributed by atoms with E-state index >= 15 is 0 Å². The molecular weight excluding hydrogens is 270 g/mol. The van der Waals surface area contributed by atoms with E-state index in [4.69, 9.17) is 4.74 Å². The van der Waals surface area contributed by atoms with Crippen LogP contribution in [0.2, 0.25) is 0 Å². The first-order valence-corrected chi connectivity index (χ1v) is 5.96. The van der Waals surface area contributed by atoms with Gasteiger partial charge in [0, 0.05) is 6.54 Å². The molecule has 1 aliphatic rings. The van der Waals surface area contributed by atoms with Gasteiger partial charge >= 0.3 is 0 Å². The van der Waals surface area contributed by atoms with Crippen molar-refractivity contribution in [2.75, 3.05) is 6.61 Å². The van der Waals surface area contributed by atoms with E-state index in [1.807, 2.05) is 24.3 Å². The number of fused-ring (bicyclic) bond motifs is 3. The van der Waals surface area contributed by atoms with E-state index in [1.54, 1.807) is 0 Å². The first kappa shape index (κ1) is 9.84. The Hall–Kier alpha value is -1.36. The predicted molar refractivity (Wildman–Crippen MR) is 63.3 cm³/mol. The van der Waals surface area contributed by atoms with Crippen molar-refractivity contribution in [3.63, 3.8) is 0 Å². The molecule has 0 radical (unpaired) electrons. The third-order valence-corrected chi connectivity index (χ3v) is 3.20. The monoisotopic (exact) mass is 279 g/mol. The lowest BCUT2D eigenvalue weighted by Gasteiger charge is -2.16. The molecule has 0 atom stereocenters. The van der Waals surface area contributed by atoms with E-state index in [1.165, 1.54) is 0 Å². The molecule has 1 aromatic heterocycles. The molecule has 0 saturated carbocycles. The number of aromatic nitrogens is 3. The molecule has 1 aromatic carbocycles. The van der Waals surface area contributed by atoms with E-state index in [0.29, 0.717) is 0 Å². The van der Waals surface area contributed by atoms with Gasteiger partial charge in [-0.1, -0.05) is 12.1 Å². The van der Waals surface area contributed by atoms with Gasteiger partial charge in [0.15, 0.2) is 10.6 Å². The lowest BCUT2D eigenvalue weighted by molar-refractivity contribution is 0.298. The van der Waals surface area contributed by atoms with Crippen molar-refractivity contribution in [1.29, 1.82) is 0 Å². The molecule has 5 heteroatoms. The average molecular weight is 280 g/mol. The first-order valence-electron chi connectivity index (χ1n) is 5.17. The summed E-state index contributed by atoms with van der Waals surface area (Å²) in [6.45, 7) is 1.60. The van der Waals surface area contributed by atoms with Crippen LogP contribution < -0.4 is 4.74 Å². The molecule has 3 rings (SSSR count). The molecule has 82 valence electrons. The van der Waals surface area contributed by atoms with Crippen LogP contribution in [0.3, 0.4) is 0 Å². The van der Waals surface area contributed by atoms with Gasteiger partial charge in [-0.05, 0) is 34.5 Å². The fraction of sp³-hybridized carbons (Fsp3) is 0.273. The largest absolute Gasteiger partial charge is 0.493 e. The Bertz CT molecular complexity index is 524. The van der Waals surface area contributed by atoms with Gasteiger partial charge in [-0.3, -0.25) is 0 Å². The van der Waals surface area contributed by atoms with Gasteiger partial charge in [-0.15, -0.1) is 10.2 Å². The summed E-state index contributed by atoms with van der Waals surface area (Å²) in [5, 5.41) is 8.24. The molecule has 0 amide bonds. The molecule has 0 bridgehead atoms. The quantitative estimate of drug-likeness (QED) is 0.744. The molecule has 0 spiro atoms. The number of para-hydroxylation sites is 1. The van der Waals surface area contributed by atoms with E-state index in [0.717, 1.165) is 41.4 Å². The number of hydrogen-bond donors (Lipinski definition) is 0. The SMILES string of the molecule is Brc1nnc2n1CCCOc1ccccc1-2. The van der Waals surface area contributed by atoms with Gasteiger partial charge in [-0.2, -0.15) is 0 Å². The summed E-state index contributed by atoms with van der Waals surface area (Å²) in [5.74, 6) is 1.74. The van der Waals surface area contributed by atoms with Crippen LogP contribution in [-0.2, 0) is 6.54 Å². The molecule has 4 nitrogen and oxygen atoms in total. The zero-order valence-corrected chi connectivity index (χ0v) is 10.1. The van der Waals surface area contributed by atoms with Gasteiger partial charge in [0.25, 0.3) is 0 Å². The fourth-order valence-electron chi connectivity index (χ4n) is 1.86. The van der Waals surface area contributed by atoms with Gasteiger partial charge in [0.05, 0.1) is 12.2 Å². The highest BCUT2D eigenvalue weighted by molar-refractivity contribution is 9.10. The number of hydrogen-bond acceptors (Lipinski definition) is 3. The van der Waals surface area contributed by atoms with E-state index in [9.17, 15) is 0 Å². The standard InChI is InChI=1S/C11H10BrN3O/c12-11-14-13-10-8-4-1-2-5-9(8)16-7-3-6-15(10)11/h1-2,4-5H,3,6-7H2. The maximum atomic E-state index is 5.70. The summed E-state index contributed by atoms with van der Waals surface area (Å²) in [5.41, 5.74) is 1.00. The van der Waals surface area contributed by atoms with Crippen LogP contribution in [0.1, 0.15) is 6.42 Å². The van der Waals surface area contributed by atoms with Crippen LogP contribution in [0.15, 0.2) is 29.0 Å². The van der Waals surface area contributed by atoms with E-state index in [2.05, 4.69) is 30.7 Å². The van der Waals surface area contributed by atoms with Crippen molar-refractivity contribution in [1.82, 2.24) is 14.8 Å². The van der Waals surface area contributed by atoms with Crippen LogP contribution in [0, 0.1) is 0 Å². The van der Waals surface area contributed by atoms with E-state index in [-0.39, 0.29) is 0 Å². The van der Waals surface area contributed by atoms with Gasteiger partial charge in [0.1, 0.15) is 5.75 Å². The molecule has 2 aromatic rings. The van der Waals surface area contributed by atoms with Crippen molar-refractivity contribution in [3.8, 4) is 17.1 Å². The Labute approximate surface area is 101 Å². The van der Waals surface area contributed by atoms with Crippen LogP contribution in [0.5, 0.6) is 5.75 Å². The third-order valence-electron chi connectivity index (χ3n) is 2.62. The minimum Gasteiger partial charge on any atom is -0.493 e. The molecule has 0 aliphatic carbocycles. The zero-order chi connectivity index (χ0) is 11.0. The number of benzene rings is 1. The second-order valence-electron chi connectivity index (χ2n) is 3.64. The Morgan fingerprint density at radius 2 is 2.12 bits per heavy atom. The number of halogens is 1. The summed E-state index contributed by atoms with van der Waals surface area (Å²) < 4.78 is 8.55. The molecule has 16 heavy (non-hydrogen) atoms. The van der Waals surface area contributed by atoms with Crippen LogP contribution in [-0.4, -0.2) is 21.4 Å². The van der Waals surface area contributed by atoms with Crippen molar-refractivity contribution < 1.29 is 4.74 Å². The number of nitrogens with zero attached hydrogens (tertiary/aromatic N) is 3. The average Bonchev–Trinajstić information content (AvgIpc) is 2.63. The highest BCUT2D eigenvalue weighted by Crippen LogP contribution is 2.31. The maximum Gasteiger partial charge on any atom is 0.200 e. The summed E-state index contributed by atoms with van der Waals surface area (Å²) in [6, 6.07) is 7.92. The fourth-order valence-corrected chi connectivity index (χ4v) is 2.29. The van der Waals surface area contributed by atoms with Gasteiger partial charge < -0.3 is 9.30 Å². The van der Waals surface area contributed by atoms with Crippen LogP contribution in [0.25, 0.3) is 11.4 Å². The summed E-state index contributed by atoms with van der Waals surface area (Å²) >= 11 is 3.41. The van der Waals surface area contributed by atoms with Gasteiger partial charge in [-0.25, -0.2) is 0 Å². The lowest BCUT2D eigenvalue weighted by atomic mass is 10.1. The smallest absolute Gasteiger partial charge is 0.200 e. The minimum absolute atomic E-state index is 0.723. The van der Waals surface area contributed by atoms with Crippen molar-refractivity contribution in [2.45, 2.75) is 13.0 Å². The van der Waals surface area contributed by atoms with Crippen LogP contribution in [0.4, 0.5) is 0 Å². The molecule has 2 heterocycles. The summed E-state index contributed by atoms with van der Waals surface area (Å²) in [6.07, 6.45) is 0.956. The maximum absolute atomic E-state index is 5.70. The first-order chi connectivity index (χ1) is 7.86. The van der Waals surface area contributed by atoms with Crippen molar-refractivity contribution in [2.24, 2.45) is 0 Å². The topological polar surface area (TPSA) is 39.9 Å². The molecule has 0 N–H and O–H groups in total. The Kier molecular flexibility index (Phi) is 2.40. The summed E-state index contributed by atoms with van der Waals surface area (Å²) in [7, 11) is 0. The second kappa shape index (κ2) is 3.90. The van der Waals surface area contributed by atoms with Crippen molar-refractivity contribution >= 4 is 15.9 Å². The highest BCUT2D eigenvalue weighted by Gasteiger charge is 2.17. The molecular formula is C11H10BrN3O. The third kappa shape index (κ3) is 1.51. The molecule has 0 saturated heterocycles. The Balaban J connectivity index is 2.23. The molecule has 0 fully saturated rings. The number of ether oxygens (including phenoxy) is 1. The predicted octanol–water partition coefficient (Wildman–Crippen LogP) is 2.49. The Morgan fingerprint density at radius 3 is 3.06 bits per heavy atom. The Morgan fingerprint density at radius 1 is 1.25 bits per heavy atom. The zero-order valence-electron chi connectivity index (χ0n) is 8.56. The van der Waals surface area contributed by atoms with Crippen LogP contribution >= 0.6 is 15.9 Å². The number of rotatable bonds is 0. The van der Waals surface area contributed by atoms with Crippen molar-refractivity contribution in [3.05, 3.63) is 29.0 Å². The summed E-state index contributed by atoms with van der Waals surface area (Å²) in [4.78, 5) is 0. The minimum atomic E-state index is 0.723. The normalized spacial score (nSPS) is 14.3. The molecule has 1 aliphatic heterocycles. The van der Waals surface area contributed by atoms with Gasteiger partial charge in [0.2, 0.25) is 0 Å².